The van der Waals surface area contributed by atoms with Gasteiger partial charge in [0.25, 0.3) is 5.91 Å². The molecule has 27 heavy (non-hydrogen) atoms. The van der Waals surface area contributed by atoms with Crippen LogP contribution in [0.2, 0.25) is 0 Å². The second kappa shape index (κ2) is 9.12. The summed E-state index contributed by atoms with van der Waals surface area (Å²) in [6.45, 7) is 7.08. The van der Waals surface area contributed by atoms with Crippen LogP contribution in [0, 0.1) is 0 Å². The van der Waals surface area contributed by atoms with E-state index in [0.29, 0.717) is 11.3 Å². The molecule has 2 rings (SSSR count). The summed E-state index contributed by atoms with van der Waals surface area (Å²) in [6.07, 6.45) is 0. The van der Waals surface area contributed by atoms with Crippen LogP contribution in [-0.2, 0) is 16.6 Å². The molecule has 146 valence electrons. The number of sulfonamides is 1. The van der Waals surface area contributed by atoms with E-state index >= 15 is 0 Å². The molecule has 1 amide bonds. The quantitative estimate of drug-likeness (QED) is 0.753. The van der Waals surface area contributed by atoms with Gasteiger partial charge in [-0.1, -0.05) is 26.0 Å². The number of carbonyl (C=O) groups excluding carboxylic acids is 1. The molecule has 0 saturated heterocycles. The van der Waals surface area contributed by atoms with E-state index in [-0.39, 0.29) is 10.8 Å². The van der Waals surface area contributed by atoms with E-state index in [1.54, 1.807) is 24.3 Å². The van der Waals surface area contributed by atoms with E-state index in [9.17, 15) is 13.2 Å². The highest BCUT2D eigenvalue weighted by molar-refractivity contribution is 7.89. The van der Waals surface area contributed by atoms with Gasteiger partial charge in [-0.15, -0.1) is 0 Å². The normalized spacial score (nSPS) is 11.8. The standard InChI is InChI=1S/C20H27N3O3S/c1-5-23(6-2)15-16-7-9-17(10-8-16)20(24)21-18-11-13-19(14-12-18)27(25,26)22(3)4/h7-14H,5-6,15H2,1-4H3,(H,21,24). The van der Waals surface area contributed by atoms with Gasteiger partial charge in [-0.3, -0.25) is 9.69 Å². The van der Waals surface area contributed by atoms with E-state index in [1.807, 2.05) is 12.1 Å². The Kier molecular flexibility index (Phi) is 7.12. The van der Waals surface area contributed by atoms with Gasteiger partial charge in [-0.25, -0.2) is 12.7 Å². The molecule has 0 unspecified atom stereocenters. The first-order chi connectivity index (χ1) is 12.8. The monoisotopic (exact) mass is 389 g/mol. The maximum absolute atomic E-state index is 12.4. The molecule has 2 aromatic carbocycles. The first-order valence-electron chi connectivity index (χ1n) is 8.93. The lowest BCUT2D eigenvalue weighted by Crippen LogP contribution is -2.22. The minimum atomic E-state index is -3.48. The molecule has 0 atom stereocenters. The van der Waals surface area contributed by atoms with E-state index in [2.05, 4.69) is 24.1 Å². The van der Waals surface area contributed by atoms with Crippen LogP contribution >= 0.6 is 0 Å². The third-order valence-corrected chi connectivity index (χ3v) is 6.24. The Morgan fingerprint density at radius 1 is 0.926 bits per heavy atom. The molecule has 0 heterocycles. The summed E-state index contributed by atoms with van der Waals surface area (Å²) in [6, 6.07) is 13.7. The molecule has 0 aliphatic rings. The smallest absolute Gasteiger partial charge is 0.255 e. The summed E-state index contributed by atoms with van der Waals surface area (Å²) in [4.78, 5) is 14.9. The number of nitrogens with zero attached hydrogens (tertiary/aromatic N) is 2. The molecule has 0 saturated carbocycles. The van der Waals surface area contributed by atoms with E-state index in [4.69, 9.17) is 0 Å². The molecule has 6 nitrogen and oxygen atoms in total. The molecule has 0 bridgehead atoms. The highest BCUT2D eigenvalue weighted by atomic mass is 32.2. The first-order valence-corrected chi connectivity index (χ1v) is 10.4. The molecule has 0 fully saturated rings. The highest BCUT2D eigenvalue weighted by Gasteiger charge is 2.17. The maximum atomic E-state index is 12.4. The Morgan fingerprint density at radius 3 is 1.96 bits per heavy atom. The minimum Gasteiger partial charge on any atom is -0.322 e. The summed E-state index contributed by atoms with van der Waals surface area (Å²) in [5, 5.41) is 2.79. The summed E-state index contributed by atoms with van der Waals surface area (Å²) >= 11 is 0. The molecule has 0 aromatic heterocycles. The zero-order chi connectivity index (χ0) is 20.0. The van der Waals surface area contributed by atoms with Crippen LogP contribution in [0.5, 0.6) is 0 Å². The minimum absolute atomic E-state index is 0.186. The lowest BCUT2D eigenvalue weighted by atomic mass is 10.1. The molecule has 0 aliphatic carbocycles. The first kappa shape index (κ1) is 21.1. The van der Waals surface area contributed by atoms with E-state index < -0.39 is 10.0 Å². The van der Waals surface area contributed by atoms with Crippen LogP contribution in [0.25, 0.3) is 0 Å². The van der Waals surface area contributed by atoms with Crippen molar-refractivity contribution in [3.8, 4) is 0 Å². The molecule has 0 aliphatic heterocycles. The fourth-order valence-corrected chi connectivity index (χ4v) is 3.49. The molecular formula is C20H27N3O3S. The maximum Gasteiger partial charge on any atom is 0.255 e. The van der Waals surface area contributed by atoms with Gasteiger partial charge in [0, 0.05) is 31.9 Å². The zero-order valence-corrected chi connectivity index (χ0v) is 17.1. The van der Waals surface area contributed by atoms with Crippen LogP contribution in [0.15, 0.2) is 53.4 Å². The van der Waals surface area contributed by atoms with Crippen LogP contribution in [0.3, 0.4) is 0 Å². The van der Waals surface area contributed by atoms with Crippen molar-refractivity contribution in [1.29, 1.82) is 0 Å². The molecule has 1 N–H and O–H groups in total. The van der Waals surface area contributed by atoms with Gasteiger partial charge in [0.05, 0.1) is 4.90 Å². The number of carbonyl (C=O) groups is 1. The van der Waals surface area contributed by atoms with Crippen molar-refractivity contribution in [3.63, 3.8) is 0 Å². The highest BCUT2D eigenvalue weighted by Crippen LogP contribution is 2.17. The second-order valence-corrected chi connectivity index (χ2v) is 8.58. The van der Waals surface area contributed by atoms with Gasteiger partial charge >= 0.3 is 0 Å². The van der Waals surface area contributed by atoms with Crippen molar-refractivity contribution < 1.29 is 13.2 Å². The van der Waals surface area contributed by atoms with E-state index in [0.717, 1.165) is 29.5 Å². The number of benzene rings is 2. The second-order valence-electron chi connectivity index (χ2n) is 6.42. The topological polar surface area (TPSA) is 69.7 Å². The van der Waals surface area contributed by atoms with Gasteiger partial charge in [0.1, 0.15) is 0 Å². The Bertz CT molecular complexity index is 856. The van der Waals surface area contributed by atoms with Gasteiger partial charge in [-0.05, 0) is 55.1 Å². The van der Waals surface area contributed by atoms with Crippen molar-refractivity contribution in [2.24, 2.45) is 0 Å². The van der Waals surface area contributed by atoms with Gasteiger partial charge in [0.15, 0.2) is 0 Å². The van der Waals surface area contributed by atoms with Crippen LogP contribution < -0.4 is 5.32 Å². The summed E-state index contributed by atoms with van der Waals surface area (Å²) in [7, 11) is -0.515. The van der Waals surface area contributed by atoms with Crippen molar-refractivity contribution in [2.75, 3.05) is 32.5 Å². The fraction of sp³-hybridized carbons (Fsp3) is 0.350. The lowest BCUT2D eigenvalue weighted by molar-refractivity contribution is 0.102. The van der Waals surface area contributed by atoms with Crippen molar-refractivity contribution >= 4 is 21.6 Å². The average molecular weight is 390 g/mol. The lowest BCUT2D eigenvalue weighted by Gasteiger charge is -2.18. The van der Waals surface area contributed by atoms with Gasteiger partial charge < -0.3 is 5.32 Å². The van der Waals surface area contributed by atoms with Crippen molar-refractivity contribution in [3.05, 3.63) is 59.7 Å². The van der Waals surface area contributed by atoms with Crippen LogP contribution in [0.1, 0.15) is 29.8 Å². The SMILES string of the molecule is CCN(CC)Cc1ccc(C(=O)Nc2ccc(S(=O)(=O)N(C)C)cc2)cc1. The van der Waals surface area contributed by atoms with Crippen molar-refractivity contribution in [1.82, 2.24) is 9.21 Å². The fourth-order valence-electron chi connectivity index (χ4n) is 2.59. The number of rotatable bonds is 8. The number of amides is 1. The predicted octanol–water partition coefficient (Wildman–Crippen LogP) is 3.03. The summed E-state index contributed by atoms with van der Waals surface area (Å²) in [5.74, 6) is -0.229. The number of nitrogens with one attached hydrogen (secondary N) is 1. The van der Waals surface area contributed by atoms with Crippen molar-refractivity contribution in [2.45, 2.75) is 25.3 Å². The molecule has 0 spiro atoms. The third-order valence-electron chi connectivity index (χ3n) is 4.41. The Morgan fingerprint density at radius 2 is 1.48 bits per heavy atom. The Balaban J connectivity index is 2.05. The van der Waals surface area contributed by atoms with Gasteiger partial charge in [-0.2, -0.15) is 0 Å². The summed E-state index contributed by atoms with van der Waals surface area (Å²) < 4.78 is 25.3. The predicted molar refractivity (Wildman–Crippen MR) is 108 cm³/mol. The Hall–Kier alpha value is -2.22. The number of hydrogen-bond donors (Lipinski definition) is 1. The van der Waals surface area contributed by atoms with Crippen LogP contribution in [-0.4, -0.2) is 50.7 Å². The van der Waals surface area contributed by atoms with Crippen LogP contribution in [0.4, 0.5) is 5.69 Å². The Labute approximate surface area is 161 Å². The molecule has 7 heteroatoms. The number of hydrogen-bond acceptors (Lipinski definition) is 4. The molecular weight excluding hydrogens is 362 g/mol. The average Bonchev–Trinajstić information content (AvgIpc) is 2.66. The molecule has 2 aromatic rings. The third kappa shape index (κ3) is 5.38. The zero-order valence-electron chi connectivity index (χ0n) is 16.3. The number of anilines is 1. The summed E-state index contributed by atoms with van der Waals surface area (Å²) in [5.41, 5.74) is 2.27. The van der Waals surface area contributed by atoms with Gasteiger partial charge in [0.2, 0.25) is 10.0 Å². The largest absolute Gasteiger partial charge is 0.322 e. The van der Waals surface area contributed by atoms with E-state index in [1.165, 1.54) is 26.2 Å². The molecule has 0 radical (unpaired) electrons.